The van der Waals surface area contributed by atoms with Gasteiger partial charge < -0.3 is 14.3 Å². The molecule has 1 saturated carbocycles. The Balaban J connectivity index is 1.74. The highest BCUT2D eigenvalue weighted by Gasteiger charge is 2.27. The summed E-state index contributed by atoms with van der Waals surface area (Å²) in [6, 6.07) is 12.2. The fourth-order valence-electron chi connectivity index (χ4n) is 5.09. The monoisotopic (exact) mass is 516 g/mol. The quantitative estimate of drug-likeness (QED) is 0.315. The van der Waals surface area contributed by atoms with Gasteiger partial charge in [0, 0.05) is 40.5 Å². The molecule has 0 saturated heterocycles. The van der Waals surface area contributed by atoms with E-state index in [4.69, 9.17) is 4.74 Å². The van der Waals surface area contributed by atoms with E-state index in [2.05, 4.69) is 20.6 Å². The maximum Gasteiger partial charge on any atom is 0.333 e. The molecule has 0 atom stereocenters. The van der Waals surface area contributed by atoms with Gasteiger partial charge in [-0.15, -0.1) is 3.89 Å². The van der Waals surface area contributed by atoms with E-state index < -0.39 is 15.1 Å². The predicted octanol–water partition coefficient (Wildman–Crippen LogP) is 5.35. The number of benzene rings is 2. The largest absolute Gasteiger partial charge is 0.493 e. The zero-order valence-corrected chi connectivity index (χ0v) is 20.6. The molecule has 8 nitrogen and oxygen atoms in total. The minimum atomic E-state index is -4.96. The zero-order valence-electron chi connectivity index (χ0n) is 19.8. The summed E-state index contributed by atoms with van der Waals surface area (Å²) in [4.78, 5) is 20.6. The van der Waals surface area contributed by atoms with Crippen molar-refractivity contribution < 1.29 is 17.0 Å². The summed E-state index contributed by atoms with van der Waals surface area (Å²) in [7, 11) is -4.96. The number of aromatic nitrogens is 3. The van der Waals surface area contributed by atoms with Crippen LogP contribution in [0, 0.1) is 11.3 Å². The lowest BCUT2D eigenvalue weighted by Crippen LogP contribution is -2.21. The van der Waals surface area contributed by atoms with Gasteiger partial charge in [0.1, 0.15) is 16.3 Å². The van der Waals surface area contributed by atoms with Crippen molar-refractivity contribution in [2.24, 2.45) is 0 Å². The van der Waals surface area contributed by atoms with Crippen LogP contribution in [0.3, 0.4) is 0 Å². The van der Waals surface area contributed by atoms with Gasteiger partial charge in [-0.1, -0.05) is 6.07 Å². The molecule has 2 aromatic carbocycles. The smallest absolute Gasteiger partial charge is 0.333 e. The maximum atomic E-state index is 13.9. The van der Waals surface area contributed by atoms with Crippen molar-refractivity contribution in [2.45, 2.75) is 37.1 Å². The molecule has 1 N–H and O–H groups in total. The molecular formula is C27H21FN4O4S. The van der Waals surface area contributed by atoms with Crippen LogP contribution in [0.25, 0.3) is 44.0 Å². The van der Waals surface area contributed by atoms with Crippen molar-refractivity contribution in [3.63, 3.8) is 0 Å². The van der Waals surface area contributed by atoms with E-state index in [-0.39, 0.29) is 11.5 Å². The number of aromatic amines is 1. The molecular weight excluding hydrogens is 495 g/mol. The van der Waals surface area contributed by atoms with Crippen LogP contribution < -0.4 is 10.2 Å². The highest BCUT2D eigenvalue weighted by molar-refractivity contribution is 7.86. The van der Waals surface area contributed by atoms with E-state index in [1.54, 1.807) is 37.3 Å². The van der Waals surface area contributed by atoms with Gasteiger partial charge in [0.05, 0.1) is 34.5 Å². The molecule has 1 aliphatic rings. The summed E-state index contributed by atoms with van der Waals surface area (Å²) in [5.74, 6) is 0.369. The van der Waals surface area contributed by atoms with Crippen LogP contribution in [0.2, 0.25) is 0 Å². The minimum Gasteiger partial charge on any atom is -0.493 e. The molecule has 0 unspecified atom stereocenters. The van der Waals surface area contributed by atoms with Crippen LogP contribution >= 0.6 is 0 Å². The third kappa shape index (κ3) is 3.65. The van der Waals surface area contributed by atoms with Crippen LogP contribution in [0.4, 0.5) is 3.89 Å². The second-order valence-corrected chi connectivity index (χ2v) is 10.5. The molecule has 0 spiro atoms. The summed E-state index contributed by atoms with van der Waals surface area (Å²) in [6.07, 6.45) is 5.32. The molecule has 5 aromatic rings. The first kappa shape index (κ1) is 23.2. The number of nitrogens with zero attached hydrogens (tertiary/aromatic N) is 3. The summed E-state index contributed by atoms with van der Waals surface area (Å²) >= 11 is 0. The molecule has 3 aromatic heterocycles. The molecule has 0 bridgehead atoms. The number of nitriles is 1. The molecule has 1 fully saturated rings. The van der Waals surface area contributed by atoms with Gasteiger partial charge in [-0.2, -0.15) is 13.7 Å². The Morgan fingerprint density at radius 3 is 2.68 bits per heavy atom. The number of H-pyrrole nitrogens is 1. The second-order valence-electron chi connectivity index (χ2n) is 9.15. The van der Waals surface area contributed by atoms with E-state index >= 15 is 0 Å². The number of fused-ring (bicyclic) bond motifs is 4. The van der Waals surface area contributed by atoms with E-state index in [1.165, 1.54) is 12.3 Å². The Morgan fingerprint density at radius 1 is 1.19 bits per heavy atom. The van der Waals surface area contributed by atoms with Gasteiger partial charge in [0.25, 0.3) is 0 Å². The highest BCUT2D eigenvalue weighted by atomic mass is 32.3. The van der Waals surface area contributed by atoms with Crippen molar-refractivity contribution in [2.75, 3.05) is 6.61 Å². The summed E-state index contributed by atoms with van der Waals surface area (Å²) in [5.41, 5.74) is 3.19. The Bertz CT molecular complexity index is 1950. The average molecular weight is 517 g/mol. The van der Waals surface area contributed by atoms with E-state index in [9.17, 15) is 22.4 Å². The van der Waals surface area contributed by atoms with Gasteiger partial charge in [-0.25, -0.2) is 0 Å². The number of rotatable bonds is 5. The fraction of sp³-hybridized carbons (Fsp3) is 0.222. The first-order chi connectivity index (χ1) is 17.8. The number of hydrogen-bond donors (Lipinski definition) is 1. The lowest BCUT2D eigenvalue weighted by molar-refractivity contribution is 0.326. The first-order valence-electron chi connectivity index (χ1n) is 11.9. The van der Waals surface area contributed by atoms with Crippen LogP contribution in [-0.2, 0) is 10.2 Å². The first-order valence-corrected chi connectivity index (χ1v) is 13.3. The van der Waals surface area contributed by atoms with Crippen LogP contribution in [0.1, 0.15) is 37.8 Å². The van der Waals surface area contributed by atoms with Gasteiger partial charge in [0.15, 0.2) is 5.43 Å². The Kier molecular flexibility index (Phi) is 5.28. The van der Waals surface area contributed by atoms with E-state index in [0.717, 1.165) is 30.8 Å². The highest BCUT2D eigenvalue weighted by Crippen LogP contribution is 2.41. The molecule has 1 aliphatic carbocycles. The van der Waals surface area contributed by atoms with Crippen molar-refractivity contribution in [3.8, 4) is 22.9 Å². The Morgan fingerprint density at radius 2 is 2.00 bits per heavy atom. The van der Waals surface area contributed by atoms with Crippen LogP contribution in [0.5, 0.6) is 5.75 Å². The molecule has 0 aliphatic heterocycles. The van der Waals surface area contributed by atoms with Crippen molar-refractivity contribution in [1.82, 2.24) is 14.5 Å². The van der Waals surface area contributed by atoms with Crippen LogP contribution in [0.15, 0.2) is 58.5 Å². The van der Waals surface area contributed by atoms with Crippen molar-refractivity contribution >= 4 is 43.1 Å². The number of nitrogens with one attached hydrogen (secondary N) is 1. The van der Waals surface area contributed by atoms with Gasteiger partial charge in [-0.3, -0.25) is 9.78 Å². The van der Waals surface area contributed by atoms with Crippen molar-refractivity contribution in [1.29, 1.82) is 5.26 Å². The maximum absolute atomic E-state index is 13.9. The average Bonchev–Trinajstić information content (AvgIpc) is 3.23. The SMILES string of the molecule is CCOc1cc2c(=O)c3c4ccc(C#N)cc4[nH]c3n(C3CCC3)c2cc1-c1cncc(S(=O)(=O)F)c1. The molecule has 37 heavy (non-hydrogen) atoms. The molecule has 0 radical (unpaired) electrons. The summed E-state index contributed by atoms with van der Waals surface area (Å²) < 4.78 is 44.8. The summed E-state index contributed by atoms with van der Waals surface area (Å²) in [6.45, 7) is 2.10. The van der Waals surface area contributed by atoms with Crippen LogP contribution in [-0.4, -0.2) is 29.6 Å². The number of pyridine rings is 2. The Labute approximate surface area is 211 Å². The normalized spacial score (nSPS) is 14.2. The van der Waals surface area contributed by atoms with E-state index in [0.29, 0.717) is 56.5 Å². The fourth-order valence-corrected chi connectivity index (χ4v) is 5.55. The third-order valence-electron chi connectivity index (χ3n) is 7.02. The van der Waals surface area contributed by atoms with Gasteiger partial charge >= 0.3 is 10.2 Å². The Hall–Kier alpha value is -4.23. The van der Waals surface area contributed by atoms with Gasteiger partial charge in [-0.05, 0) is 56.5 Å². The molecule has 3 heterocycles. The molecule has 0 amide bonds. The molecule has 10 heteroatoms. The van der Waals surface area contributed by atoms with Gasteiger partial charge in [0.2, 0.25) is 0 Å². The standard InChI is InChI=1S/C27H21FN4O4S/c1-2-36-24-11-21-23(10-20(24)16-9-18(14-30-13-16)37(28,34)35)32(17-4-3-5-17)27-25(26(21)33)19-7-6-15(12-29)8-22(19)31-27/h6-11,13-14,17,31H,2-5H2,1H3. The number of hydrogen-bond acceptors (Lipinski definition) is 6. The number of ether oxygens (including phenoxy) is 1. The zero-order chi connectivity index (χ0) is 25.9. The second kappa shape index (κ2) is 8.42. The van der Waals surface area contributed by atoms with Crippen molar-refractivity contribution in [3.05, 3.63) is 64.6 Å². The predicted molar refractivity (Wildman–Crippen MR) is 138 cm³/mol. The molecule has 186 valence electrons. The third-order valence-corrected chi connectivity index (χ3v) is 7.81. The lowest BCUT2D eigenvalue weighted by Gasteiger charge is -2.31. The minimum absolute atomic E-state index is 0.149. The topological polar surface area (TPSA) is 118 Å². The lowest BCUT2D eigenvalue weighted by atomic mass is 9.91. The van der Waals surface area contributed by atoms with E-state index in [1.807, 2.05) is 0 Å². The molecule has 6 rings (SSSR count). The number of halogens is 1. The summed E-state index contributed by atoms with van der Waals surface area (Å²) in [5, 5.41) is 11.1.